The van der Waals surface area contributed by atoms with Gasteiger partial charge in [-0.2, -0.15) is 0 Å². The van der Waals surface area contributed by atoms with Crippen molar-refractivity contribution in [1.29, 1.82) is 0 Å². The van der Waals surface area contributed by atoms with Crippen LogP contribution in [0.3, 0.4) is 0 Å². The molecule has 6 heteroatoms. The smallest absolute Gasteiger partial charge is 0.307 e. The summed E-state index contributed by atoms with van der Waals surface area (Å²) in [5, 5.41) is 10.0. The summed E-state index contributed by atoms with van der Waals surface area (Å²) in [5.74, 6) is 0.291. The van der Waals surface area contributed by atoms with Crippen LogP contribution in [0, 0.1) is 0 Å². The first-order chi connectivity index (χ1) is 15.1. The second kappa shape index (κ2) is 8.93. The fraction of sp³-hybridized carbons (Fsp3) is 0.160. The molecule has 158 valence electrons. The lowest BCUT2D eigenvalue weighted by Gasteiger charge is -2.15. The van der Waals surface area contributed by atoms with Crippen LogP contribution in [-0.4, -0.2) is 18.2 Å². The molecule has 0 atom stereocenters. The number of nitrogens with two attached hydrogens (primary N) is 1. The van der Waals surface area contributed by atoms with Gasteiger partial charge >= 0.3 is 5.97 Å². The molecule has 31 heavy (non-hydrogen) atoms. The average molecular weight is 417 g/mol. The Morgan fingerprint density at radius 3 is 2.68 bits per heavy atom. The molecule has 0 aliphatic rings. The van der Waals surface area contributed by atoms with Crippen molar-refractivity contribution in [3.05, 3.63) is 83.6 Å². The lowest BCUT2D eigenvalue weighted by molar-refractivity contribution is -0.136. The van der Waals surface area contributed by atoms with Crippen molar-refractivity contribution in [1.82, 2.24) is 0 Å². The highest BCUT2D eigenvalue weighted by molar-refractivity contribution is 5.97. The summed E-state index contributed by atoms with van der Waals surface area (Å²) < 4.78 is 17.5. The first-order valence-electron chi connectivity index (χ1n) is 9.89. The molecule has 1 aromatic heterocycles. The Morgan fingerprint density at radius 2 is 1.90 bits per heavy atom. The number of rotatable bonds is 8. The Morgan fingerprint density at radius 1 is 1.06 bits per heavy atom. The Labute approximate surface area is 179 Å². The van der Waals surface area contributed by atoms with Gasteiger partial charge < -0.3 is 24.7 Å². The number of benzene rings is 3. The van der Waals surface area contributed by atoms with Crippen LogP contribution in [-0.2, 0) is 24.4 Å². The van der Waals surface area contributed by atoms with Gasteiger partial charge in [-0.05, 0) is 35.4 Å². The predicted octanol–water partition coefficient (Wildman–Crippen LogP) is 4.77. The van der Waals surface area contributed by atoms with Gasteiger partial charge in [-0.3, -0.25) is 4.79 Å². The standard InChI is InChI=1S/C25H23NO5/c1-29-24-19(15-31-22-8-3-2-6-18(22)13-23(27)28)12-21(25-20(24)9-10-30-25)17-7-4-5-16(11-17)14-26/h2-12H,13-15,26H2,1H3,(H,27,28). The van der Waals surface area contributed by atoms with Crippen LogP contribution in [0.2, 0.25) is 0 Å². The van der Waals surface area contributed by atoms with Crippen LogP contribution >= 0.6 is 0 Å². The monoisotopic (exact) mass is 417 g/mol. The van der Waals surface area contributed by atoms with Crippen molar-refractivity contribution in [2.75, 3.05) is 7.11 Å². The van der Waals surface area contributed by atoms with Gasteiger partial charge in [-0.15, -0.1) is 0 Å². The second-order valence-corrected chi connectivity index (χ2v) is 7.15. The number of ether oxygens (including phenoxy) is 2. The Hall–Kier alpha value is -3.77. The first kappa shape index (κ1) is 20.5. The molecule has 6 nitrogen and oxygen atoms in total. The zero-order chi connectivity index (χ0) is 21.8. The largest absolute Gasteiger partial charge is 0.496 e. The average Bonchev–Trinajstić information content (AvgIpc) is 3.27. The third-order valence-corrected chi connectivity index (χ3v) is 5.14. The van der Waals surface area contributed by atoms with Crippen molar-refractivity contribution in [2.45, 2.75) is 19.6 Å². The maximum atomic E-state index is 11.2. The summed E-state index contributed by atoms with van der Waals surface area (Å²) in [6.07, 6.45) is 1.53. The predicted molar refractivity (Wildman–Crippen MR) is 118 cm³/mol. The van der Waals surface area contributed by atoms with Crippen LogP contribution in [0.1, 0.15) is 16.7 Å². The molecule has 0 saturated carbocycles. The van der Waals surface area contributed by atoms with Gasteiger partial charge in [-0.1, -0.05) is 36.4 Å². The highest BCUT2D eigenvalue weighted by Crippen LogP contribution is 2.39. The topological polar surface area (TPSA) is 94.9 Å². The lowest BCUT2D eigenvalue weighted by Crippen LogP contribution is -2.05. The van der Waals surface area contributed by atoms with Crippen LogP contribution in [0.25, 0.3) is 22.1 Å². The Bertz CT molecular complexity index is 1230. The van der Waals surface area contributed by atoms with E-state index in [1.165, 1.54) is 0 Å². The number of hydrogen-bond acceptors (Lipinski definition) is 5. The minimum Gasteiger partial charge on any atom is -0.496 e. The second-order valence-electron chi connectivity index (χ2n) is 7.15. The van der Waals surface area contributed by atoms with E-state index in [1.54, 1.807) is 31.6 Å². The SMILES string of the molecule is COc1c(COc2ccccc2CC(=O)O)cc(-c2cccc(CN)c2)c2occc12. The molecule has 0 bridgehead atoms. The maximum absolute atomic E-state index is 11.2. The van der Waals surface area contributed by atoms with E-state index in [9.17, 15) is 4.79 Å². The number of carboxylic acid groups (broad SMARTS) is 1. The normalized spacial score (nSPS) is 10.9. The molecule has 0 aliphatic carbocycles. The van der Waals surface area contributed by atoms with E-state index >= 15 is 0 Å². The third kappa shape index (κ3) is 4.25. The fourth-order valence-corrected chi connectivity index (χ4v) is 3.71. The van der Waals surface area contributed by atoms with Gasteiger partial charge in [0.1, 0.15) is 23.7 Å². The number of para-hydroxylation sites is 1. The summed E-state index contributed by atoms with van der Waals surface area (Å²) in [4.78, 5) is 11.2. The van der Waals surface area contributed by atoms with E-state index in [-0.39, 0.29) is 13.0 Å². The number of carboxylic acids is 1. The molecule has 3 N–H and O–H groups in total. The molecule has 4 rings (SSSR count). The number of hydrogen-bond donors (Lipinski definition) is 2. The Balaban J connectivity index is 1.75. The van der Waals surface area contributed by atoms with Gasteiger partial charge in [0.2, 0.25) is 0 Å². The number of methoxy groups -OCH3 is 1. The number of carbonyl (C=O) groups is 1. The zero-order valence-electron chi connectivity index (χ0n) is 17.1. The van der Waals surface area contributed by atoms with E-state index < -0.39 is 5.97 Å². The van der Waals surface area contributed by atoms with E-state index in [0.29, 0.717) is 23.6 Å². The maximum Gasteiger partial charge on any atom is 0.307 e. The van der Waals surface area contributed by atoms with Crippen LogP contribution < -0.4 is 15.2 Å². The van der Waals surface area contributed by atoms with E-state index in [1.807, 2.05) is 42.5 Å². The van der Waals surface area contributed by atoms with E-state index in [0.717, 1.165) is 33.2 Å². The molecule has 0 saturated heterocycles. The quantitative estimate of drug-likeness (QED) is 0.429. The van der Waals surface area contributed by atoms with Crippen molar-refractivity contribution in [3.8, 4) is 22.6 Å². The molecule has 0 spiro atoms. The molecule has 0 amide bonds. The van der Waals surface area contributed by atoms with Gasteiger partial charge in [-0.25, -0.2) is 0 Å². The van der Waals surface area contributed by atoms with Gasteiger partial charge in [0, 0.05) is 23.2 Å². The summed E-state index contributed by atoms with van der Waals surface area (Å²) >= 11 is 0. The third-order valence-electron chi connectivity index (χ3n) is 5.14. The van der Waals surface area contributed by atoms with Crippen molar-refractivity contribution in [3.63, 3.8) is 0 Å². The van der Waals surface area contributed by atoms with Crippen molar-refractivity contribution >= 4 is 16.9 Å². The Kier molecular flexibility index (Phi) is 5.91. The van der Waals surface area contributed by atoms with Crippen LogP contribution in [0.5, 0.6) is 11.5 Å². The molecule has 0 radical (unpaired) electrons. The molecule has 1 heterocycles. The van der Waals surface area contributed by atoms with Gasteiger partial charge in [0.25, 0.3) is 0 Å². The van der Waals surface area contributed by atoms with Crippen LogP contribution in [0.15, 0.2) is 71.3 Å². The molecule has 4 aromatic rings. The summed E-state index contributed by atoms with van der Waals surface area (Å²) in [7, 11) is 1.61. The van der Waals surface area contributed by atoms with Crippen LogP contribution in [0.4, 0.5) is 0 Å². The highest BCUT2D eigenvalue weighted by atomic mass is 16.5. The first-order valence-corrected chi connectivity index (χ1v) is 9.89. The molecular formula is C25H23NO5. The molecule has 0 aliphatic heterocycles. The minimum absolute atomic E-state index is 0.106. The lowest BCUT2D eigenvalue weighted by atomic mass is 9.98. The summed E-state index contributed by atoms with van der Waals surface area (Å²) in [6, 6.07) is 19.0. The zero-order valence-corrected chi connectivity index (χ0v) is 17.1. The van der Waals surface area contributed by atoms with E-state index in [4.69, 9.17) is 24.7 Å². The fourth-order valence-electron chi connectivity index (χ4n) is 3.71. The van der Waals surface area contributed by atoms with Gasteiger partial charge in [0.15, 0.2) is 0 Å². The molecule has 3 aromatic carbocycles. The highest BCUT2D eigenvalue weighted by Gasteiger charge is 2.18. The molecular weight excluding hydrogens is 394 g/mol. The molecule has 0 fully saturated rings. The van der Waals surface area contributed by atoms with Crippen molar-refractivity contribution < 1.29 is 23.8 Å². The number of fused-ring (bicyclic) bond motifs is 1. The number of furan rings is 1. The van der Waals surface area contributed by atoms with Crippen molar-refractivity contribution in [2.24, 2.45) is 5.73 Å². The van der Waals surface area contributed by atoms with Gasteiger partial charge in [0.05, 0.1) is 25.2 Å². The summed E-state index contributed by atoms with van der Waals surface area (Å²) in [5.41, 5.74) is 10.9. The summed E-state index contributed by atoms with van der Waals surface area (Å²) in [6.45, 7) is 0.659. The number of aliphatic carboxylic acids is 1. The van der Waals surface area contributed by atoms with E-state index in [2.05, 4.69) is 0 Å². The minimum atomic E-state index is -0.907. The molecule has 0 unspecified atom stereocenters.